The minimum absolute atomic E-state index is 0.0128. The maximum Gasteiger partial charge on any atom is 0.336 e. The Hall–Kier alpha value is -1.84. The molecular formula is C24H38O4. The van der Waals surface area contributed by atoms with Crippen LogP contribution in [0, 0.1) is 0 Å². The molecule has 4 heteroatoms. The minimum Gasteiger partial charge on any atom is -0.478 e. The summed E-state index contributed by atoms with van der Waals surface area (Å²) in [5.74, 6) is -2.08. The molecule has 0 radical (unpaired) electrons. The zero-order chi connectivity index (χ0) is 20.9. The average molecular weight is 391 g/mol. The monoisotopic (exact) mass is 390 g/mol. The molecule has 0 aromatic heterocycles. The fourth-order valence-electron chi connectivity index (χ4n) is 3.83. The van der Waals surface area contributed by atoms with Crippen LogP contribution in [0.5, 0.6) is 0 Å². The number of carboxylic acid groups (broad SMARTS) is 2. The number of unbranched alkanes of at least 4 members (excludes halogenated alkanes) is 9. The Kier molecular flexibility index (Phi) is 11.5. The van der Waals surface area contributed by atoms with E-state index >= 15 is 0 Å². The van der Waals surface area contributed by atoms with Crippen LogP contribution in [0.15, 0.2) is 12.1 Å². The first-order chi connectivity index (χ1) is 13.4. The first-order valence-corrected chi connectivity index (χ1v) is 11.1. The molecule has 0 aliphatic rings. The van der Waals surface area contributed by atoms with E-state index in [4.69, 9.17) is 0 Å². The predicted octanol–water partition coefficient (Wildman–Crippen LogP) is 7.06. The Balaban J connectivity index is 2.68. The summed E-state index contributed by atoms with van der Waals surface area (Å²) in [5, 5.41) is 19.1. The highest BCUT2D eigenvalue weighted by molar-refractivity contribution is 6.03. The molecule has 28 heavy (non-hydrogen) atoms. The summed E-state index contributed by atoms with van der Waals surface area (Å²) < 4.78 is 0. The molecule has 0 spiro atoms. The molecular weight excluding hydrogens is 352 g/mol. The molecule has 0 saturated heterocycles. The summed E-state index contributed by atoms with van der Waals surface area (Å²) in [4.78, 5) is 23.3. The molecule has 0 fully saturated rings. The number of aromatic carboxylic acids is 2. The largest absolute Gasteiger partial charge is 0.478 e. The lowest BCUT2D eigenvalue weighted by Gasteiger charge is -2.19. The summed E-state index contributed by atoms with van der Waals surface area (Å²) >= 11 is 0. The van der Waals surface area contributed by atoms with Crippen molar-refractivity contribution in [3.8, 4) is 0 Å². The smallest absolute Gasteiger partial charge is 0.336 e. The van der Waals surface area contributed by atoms with Crippen molar-refractivity contribution in [3.63, 3.8) is 0 Å². The Morgan fingerprint density at radius 2 is 1.36 bits per heavy atom. The second kappa shape index (κ2) is 13.4. The number of carboxylic acids is 2. The third-order valence-electron chi connectivity index (χ3n) is 5.72. The highest BCUT2D eigenvalue weighted by Gasteiger charge is 2.24. The molecule has 0 bridgehead atoms. The fraction of sp³-hybridized carbons (Fsp3) is 0.667. The van der Waals surface area contributed by atoms with Gasteiger partial charge < -0.3 is 10.2 Å². The molecule has 4 nitrogen and oxygen atoms in total. The van der Waals surface area contributed by atoms with Crippen molar-refractivity contribution >= 4 is 11.9 Å². The first kappa shape index (κ1) is 24.2. The number of rotatable bonds is 15. The van der Waals surface area contributed by atoms with Crippen LogP contribution < -0.4 is 0 Å². The van der Waals surface area contributed by atoms with Gasteiger partial charge in [-0.15, -0.1) is 0 Å². The molecule has 0 aliphatic carbocycles. The average Bonchev–Trinajstić information content (AvgIpc) is 2.67. The summed E-state index contributed by atoms with van der Waals surface area (Å²) in [6.45, 7) is 6.37. The lowest BCUT2D eigenvalue weighted by Crippen LogP contribution is -2.15. The van der Waals surface area contributed by atoms with Gasteiger partial charge in [-0.25, -0.2) is 9.59 Å². The Bertz CT molecular complexity index is 621. The topological polar surface area (TPSA) is 74.6 Å². The van der Waals surface area contributed by atoms with E-state index in [9.17, 15) is 19.8 Å². The van der Waals surface area contributed by atoms with Crippen molar-refractivity contribution in [2.45, 2.75) is 104 Å². The van der Waals surface area contributed by atoms with Crippen molar-refractivity contribution in [3.05, 3.63) is 34.4 Å². The predicted molar refractivity (Wildman–Crippen MR) is 115 cm³/mol. The van der Waals surface area contributed by atoms with Crippen molar-refractivity contribution in [1.29, 1.82) is 0 Å². The second-order valence-corrected chi connectivity index (χ2v) is 7.91. The van der Waals surface area contributed by atoms with Crippen LogP contribution in [0.4, 0.5) is 0 Å². The summed E-state index contributed by atoms with van der Waals surface area (Å²) in [7, 11) is 0. The maximum absolute atomic E-state index is 11.8. The van der Waals surface area contributed by atoms with Gasteiger partial charge in [-0.3, -0.25) is 0 Å². The van der Waals surface area contributed by atoms with Gasteiger partial charge in [0.1, 0.15) is 0 Å². The van der Waals surface area contributed by atoms with Crippen molar-refractivity contribution in [1.82, 2.24) is 0 Å². The SMILES string of the molecule is CCCCCCCCCCCCc1c(C(C)CC)ccc(C(=O)O)c1C(=O)O. The summed E-state index contributed by atoms with van der Waals surface area (Å²) in [5.41, 5.74) is 1.60. The quantitative estimate of drug-likeness (QED) is 0.314. The normalized spacial score (nSPS) is 12.1. The van der Waals surface area contributed by atoms with Gasteiger partial charge in [0.25, 0.3) is 0 Å². The summed E-state index contributed by atoms with van der Waals surface area (Å²) in [6, 6.07) is 3.27. The summed E-state index contributed by atoms with van der Waals surface area (Å²) in [6.07, 6.45) is 13.8. The number of benzene rings is 1. The van der Waals surface area contributed by atoms with E-state index in [1.807, 2.05) is 6.07 Å². The maximum atomic E-state index is 11.8. The molecule has 2 N–H and O–H groups in total. The van der Waals surface area contributed by atoms with E-state index in [2.05, 4.69) is 20.8 Å². The lowest BCUT2D eigenvalue weighted by molar-refractivity contribution is 0.0650. The van der Waals surface area contributed by atoms with Crippen LogP contribution >= 0.6 is 0 Å². The van der Waals surface area contributed by atoms with Gasteiger partial charge in [-0.1, -0.05) is 84.6 Å². The van der Waals surface area contributed by atoms with E-state index in [0.29, 0.717) is 6.42 Å². The van der Waals surface area contributed by atoms with E-state index < -0.39 is 11.9 Å². The first-order valence-electron chi connectivity index (χ1n) is 11.1. The van der Waals surface area contributed by atoms with Gasteiger partial charge in [0.2, 0.25) is 0 Å². The van der Waals surface area contributed by atoms with Gasteiger partial charge in [0.15, 0.2) is 0 Å². The highest BCUT2D eigenvalue weighted by Crippen LogP contribution is 2.29. The van der Waals surface area contributed by atoms with E-state index in [1.165, 1.54) is 51.0 Å². The van der Waals surface area contributed by atoms with Gasteiger partial charge in [-0.05, 0) is 42.4 Å². The second-order valence-electron chi connectivity index (χ2n) is 7.91. The van der Waals surface area contributed by atoms with E-state index in [0.717, 1.165) is 36.8 Å². The van der Waals surface area contributed by atoms with Crippen LogP contribution in [0.2, 0.25) is 0 Å². The van der Waals surface area contributed by atoms with E-state index in [1.54, 1.807) is 0 Å². The molecule has 0 amide bonds. The van der Waals surface area contributed by atoms with Crippen molar-refractivity contribution < 1.29 is 19.8 Å². The fourth-order valence-corrected chi connectivity index (χ4v) is 3.83. The molecule has 158 valence electrons. The molecule has 0 heterocycles. The zero-order valence-corrected chi connectivity index (χ0v) is 17.9. The molecule has 0 aliphatic heterocycles. The number of hydrogen-bond acceptors (Lipinski definition) is 2. The van der Waals surface area contributed by atoms with Gasteiger partial charge >= 0.3 is 11.9 Å². The molecule has 1 atom stereocenters. The van der Waals surface area contributed by atoms with Gasteiger partial charge in [0.05, 0.1) is 11.1 Å². The van der Waals surface area contributed by atoms with E-state index in [-0.39, 0.29) is 17.0 Å². The van der Waals surface area contributed by atoms with Gasteiger partial charge in [-0.2, -0.15) is 0 Å². The minimum atomic E-state index is -1.17. The Labute approximate surface area is 170 Å². The van der Waals surface area contributed by atoms with Crippen LogP contribution in [0.3, 0.4) is 0 Å². The number of carbonyl (C=O) groups is 2. The third kappa shape index (κ3) is 7.65. The van der Waals surface area contributed by atoms with Crippen LogP contribution in [0.25, 0.3) is 0 Å². The third-order valence-corrected chi connectivity index (χ3v) is 5.72. The molecule has 0 saturated carbocycles. The number of hydrogen-bond donors (Lipinski definition) is 2. The lowest BCUT2D eigenvalue weighted by atomic mass is 9.85. The van der Waals surface area contributed by atoms with Crippen LogP contribution in [0.1, 0.15) is 129 Å². The van der Waals surface area contributed by atoms with Crippen LogP contribution in [-0.2, 0) is 6.42 Å². The zero-order valence-electron chi connectivity index (χ0n) is 17.9. The molecule has 1 unspecified atom stereocenters. The molecule has 1 aromatic rings. The van der Waals surface area contributed by atoms with Gasteiger partial charge in [0, 0.05) is 0 Å². The standard InChI is InChI=1S/C24H38O4/c1-4-6-7-8-9-10-11-12-13-14-15-20-19(18(3)5-2)16-17-21(23(25)26)22(20)24(27)28/h16-18H,4-15H2,1-3H3,(H,25,26)(H,27,28). The molecule has 1 rings (SSSR count). The van der Waals surface area contributed by atoms with Crippen LogP contribution in [-0.4, -0.2) is 22.2 Å². The highest BCUT2D eigenvalue weighted by atomic mass is 16.4. The Morgan fingerprint density at radius 1 is 0.821 bits per heavy atom. The molecule has 1 aromatic carbocycles. The van der Waals surface area contributed by atoms with Crippen molar-refractivity contribution in [2.75, 3.05) is 0 Å². The van der Waals surface area contributed by atoms with Crippen molar-refractivity contribution in [2.24, 2.45) is 0 Å². The Morgan fingerprint density at radius 3 is 1.82 bits per heavy atom.